The molecule has 1 aliphatic carbocycles. The maximum atomic E-state index is 12.7. The van der Waals surface area contributed by atoms with Gasteiger partial charge >= 0.3 is 22.8 Å². The number of hydrogen-bond acceptors (Lipinski definition) is 19. The van der Waals surface area contributed by atoms with E-state index in [-0.39, 0.29) is 45.4 Å². The second kappa shape index (κ2) is 30.0. The van der Waals surface area contributed by atoms with E-state index < -0.39 is 4.92 Å². The molecule has 0 atom stereocenters. The first-order valence-corrected chi connectivity index (χ1v) is 33.5. The van der Waals surface area contributed by atoms with E-state index in [0.717, 1.165) is 153 Å². The number of amides is 1. The number of nitrogens with two attached hydrogens (primary N) is 1. The highest BCUT2D eigenvalue weighted by Gasteiger charge is 2.26. The third-order valence-electron chi connectivity index (χ3n) is 18.4. The first kappa shape index (κ1) is 68.2. The number of anilines is 8. The number of aromatic nitrogens is 8. The summed E-state index contributed by atoms with van der Waals surface area (Å²) in [6.45, 7) is 2.36. The third-order valence-corrected chi connectivity index (χ3v) is 18.6. The zero-order valence-corrected chi connectivity index (χ0v) is 57.0. The minimum absolute atomic E-state index is 0.0351. The zero-order chi connectivity index (χ0) is 71.1. The highest BCUT2D eigenvalue weighted by Crippen LogP contribution is 2.38. The molecule has 0 unspecified atom stereocenters. The maximum Gasteiger partial charge on any atom is 0.350 e. The number of nitro groups is 1. The molecule has 7 aromatic carbocycles. The minimum Gasteiger partial charge on any atom is -0.497 e. The number of non-ortho nitro benzene ring substituents is 1. The molecule has 1 amide bonds. The Bertz CT molecular complexity index is 5320. The number of hydrogen-bond donors (Lipinski definition) is 5. The average Bonchev–Trinajstić information content (AvgIpc) is 0.850. The molecule has 8 heterocycles. The summed E-state index contributed by atoms with van der Waals surface area (Å²) < 4.78 is 27.8. The van der Waals surface area contributed by atoms with E-state index in [1.807, 2.05) is 127 Å². The number of nitro benzene ring substituents is 1. The Hall–Kier alpha value is -12.4. The van der Waals surface area contributed by atoms with Crippen LogP contribution >= 0.6 is 11.6 Å². The molecule has 1 saturated carbocycles. The molecule has 0 spiro atoms. The molecule has 518 valence electrons. The van der Waals surface area contributed by atoms with Crippen LogP contribution in [0, 0.1) is 16.0 Å². The van der Waals surface area contributed by atoms with Crippen molar-refractivity contribution in [3.63, 3.8) is 0 Å². The van der Waals surface area contributed by atoms with Crippen LogP contribution in [0.5, 0.6) is 23.0 Å². The van der Waals surface area contributed by atoms with E-state index in [9.17, 15) is 34.1 Å². The van der Waals surface area contributed by atoms with Crippen LogP contribution in [0.2, 0.25) is 5.15 Å². The van der Waals surface area contributed by atoms with Crippen LogP contribution in [-0.2, 0) is 56.7 Å². The van der Waals surface area contributed by atoms with Gasteiger partial charge in [-0.1, -0.05) is 42.6 Å². The van der Waals surface area contributed by atoms with Gasteiger partial charge in [0.05, 0.1) is 56.1 Å². The van der Waals surface area contributed by atoms with Gasteiger partial charge in [0.2, 0.25) is 5.91 Å². The van der Waals surface area contributed by atoms with Crippen LogP contribution < -0.4 is 68.7 Å². The van der Waals surface area contributed by atoms with Crippen molar-refractivity contribution in [2.45, 2.75) is 77.5 Å². The molecule has 0 saturated heterocycles. The van der Waals surface area contributed by atoms with Crippen molar-refractivity contribution in [3.05, 3.63) is 249 Å². The van der Waals surface area contributed by atoms with Gasteiger partial charge in [0.15, 0.2) is 0 Å². The van der Waals surface area contributed by atoms with Crippen molar-refractivity contribution < 1.29 is 28.7 Å². The van der Waals surface area contributed by atoms with Crippen LogP contribution in [0.1, 0.15) is 47.9 Å². The number of fused-ring (bicyclic) bond motifs is 12. The molecule has 26 heteroatoms. The minimum atomic E-state index is -0.468. The summed E-state index contributed by atoms with van der Waals surface area (Å²) in [6, 6.07) is 51.6. The lowest BCUT2D eigenvalue weighted by Crippen LogP contribution is -2.28. The van der Waals surface area contributed by atoms with Gasteiger partial charge in [-0.3, -0.25) is 33.2 Å². The van der Waals surface area contributed by atoms with Crippen LogP contribution in [0.25, 0.3) is 45.0 Å². The summed E-state index contributed by atoms with van der Waals surface area (Å²) >= 11 is 5.86. The number of ether oxygens (including phenoxy) is 4. The molecule has 102 heavy (non-hydrogen) atoms. The fourth-order valence-corrected chi connectivity index (χ4v) is 13.5. The Kier molecular flexibility index (Phi) is 20.0. The monoisotopic (exact) mass is 1390 g/mol. The van der Waals surface area contributed by atoms with Crippen LogP contribution in [0.15, 0.2) is 189 Å². The van der Waals surface area contributed by atoms with Crippen molar-refractivity contribution in [2.24, 2.45) is 5.92 Å². The van der Waals surface area contributed by atoms with E-state index in [0.29, 0.717) is 55.0 Å². The molecule has 6 N–H and O–H groups in total. The van der Waals surface area contributed by atoms with Gasteiger partial charge in [0, 0.05) is 119 Å². The molecule has 25 nitrogen and oxygen atoms in total. The topological polar surface area (TPSA) is 311 Å². The highest BCUT2D eigenvalue weighted by atomic mass is 35.5. The summed E-state index contributed by atoms with van der Waals surface area (Å²) in [5, 5.41) is 23.6. The molecule has 5 aliphatic rings. The fraction of sp³-hybridized carbons (Fsp3) is 0.224. The van der Waals surface area contributed by atoms with Gasteiger partial charge < -0.3 is 45.9 Å². The largest absolute Gasteiger partial charge is 0.497 e. The van der Waals surface area contributed by atoms with Crippen LogP contribution in [0.4, 0.5) is 51.6 Å². The molecule has 1 fully saturated rings. The van der Waals surface area contributed by atoms with Gasteiger partial charge in [-0.15, -0.1) is 0 Å². The standard InChI is InChI=1S/C25H26N4O3.C19H16N4O4.C19H18N4O2.C13H11ClN2O2/c1-32-20-9-10-21-17(13-20)11-12-29-22(21)15-23(28-25(29)31)26-18-7-4-8-19(14-18)27-24(30)16-5-2-3-6-16;1-27-15-5-6-16-12(9-15)7-8-22-17(16)11-18(21-19(22)24)20-13-3-2-4-14(10-13)23(25)26;1-25-15-5-6-16-12(9-15)7-8-23-17(16)11-18(22-19(23)24)21-14-4-2-3-13(20)10-14;1-18-9-2-3-10-8(6-9)4-5-16-11(10)7-12(14)15-13(16)17/h4,7-10,13-16H,2-3,5-6,11-12H2,1H3,(H,27,30)(H,26,28,31);2-6,9-11H,7-8H2,1H3,(H,20,21,24);2-6,9-11H,7-8,20H2,1H3,(H,21,22,24);2-3,6-7H,4-5H2,1H3. The molecule has 0 radical (unpaired) electrons. The summed E-state index contributed by atoms with van der Waals surface area (Å²) in [7, 11) is 6.57. The Balaban J connectivity index is 0.000000123. The fourth-order valence-electron chi connectivity index (χ4n) is 13.4. The summed E-state index contributed by atoms with van der Waals surface area (Å²) in [5.41, 5.74) is 19.9. The Morgan fingerprint density at radius 1 is 0.461 bits per heavy atom. The van der Waals surface area contributed by atoms with Crippen LogP contribution in [0.3, 0.4) is 0 Å². The third kappa shape index (κ3) is 15.1. The highest BCUT2D eigenvalue weighted by molar-refractivity contribution is 6.29. The van der Waals surface area contributed by atoms with Crippen molar-refractivity contribution in [1.29, 1.82) is 0 Å². The number of nitrogen functional groups attached to an aromatic ring is 1. The van der Waals surface area contributed by atoms with Crippen molar-refractivity contribution in [3.8, 4) is 68.0 Å². The molecule has 0 bridgehead atoms. The smallest absolute Gasteiger partial charge is 0.350 e. The SMILES string of the molecule is COc1ccc2c(c1)CCn1c-2cc(Cl)nc1=O.COc1ccc2c(c1)CCn1c-2cc(Nc2cccc(N)c2)nc1=O.COc1ccc2c(c1)CCn1c-2cc(Nc2cccc(NC(=O)C3CCCC3)c2)nc1=O.COc1ccc2c(c1)CCn1c-2cc(Nc2cccc([N+](=O)[O-])c2)nc1=O. The number of nitrogens with zero attached hydrogens (tertiary/aromatic N) is 9. The van der Waals surface area contributed by atoms with Gasteiger partial charge in [-0.2, -0.15) is 19.9 Å². The Labute approximate surface area is 589 Å². The van der Waals surface area contributed by atoms with Crippen molar-refractivity contribution >= 4 is 69.1 Å². The van der Waals surface area contributed by atoms with E-state index in [1.54, 1.807) is 77.0 Å². The maximum absolute atomic E-state index is 12.7. The lowest BCUT2D eigenvalue weighted by Gasteiger charge is -2.22. The van der Waals surface area contributed by atoms with Gasteiger partial charge in [0.1, 0.15) is 45.6 Å². The van der Waals surface area contributed by atoms with Crippen molar-refractivity contribution in [1.82, 2.24) is 38.2 Å². The molecule has 4 aromatic heterocycles. The molecular formula is C76H71ClN14O11. The summed E-state index contributed by atoms with van der Waals surface area (Å²) in [4.78, 5) is 88.5. The number of carbonyl (C=O) groups is 1. The van der Waals surface area contributed by atoms with E-state index >= 15 is 0 Å². The molecular weight excluding hydrogens is 1320 g/mol. The first-order valence-electron chi connectivity index (χ1n) is 33.1. The van der Waals surface area contributed by atoms with Crippen molar-refractivity contribution in [2.75, 3.05) is 55.4 Å². The van der Waals surface area contributed by atoms with E-state index in [4.69, 9.17) is 36.3 Å². The molecule has 4 aliphatic heterocycles. The van der Waals surface area contributed by atoms with Gasteiger partial charge in [-0.25, -0.2) is 19.2 Å². The number of benzene rings is 7. The lowest BCUT2D eigenvalue weighted by atomic mass is 9.97. The zero-order valence-electron chi connectivity index (χ0n) is 56.2. The van der Waals surface area contributed by atoms with Crippen LogP contribution in [-0.4, -0.2) is 77.5 Å². The predicted octanol–water partition coefficient (Wildman–Crippen LogP) is 12.4. The lowest BCUT2D eigenvalue weighted by molar-refractivity contribution is -0.384. The normalized spacial score (nSPS) is 13.1. The Morgan fingerprint density at radius 2 is 0.814 bits per heavy atom. The number of nitrogens with one attached hydrogen (secondary N) is 4. The summed E-state index contributed by atoms with van der Waals surface area (Å²) in [6.07, 6.45) is 7.21. The van der Waals surface area contributed by atoms with E-state index in [2.05, 4.69) is 41.2 Å². The Morgan fingerprint density at radius 3 is 1.21 bits per heavy atom. The second-order valence-corrected chi connectivity index (χ2v) is 25.1. The second-order valence-electron chi connectivity index (χ2n) is 24.7. The predicted molar refractivity (Wildman–Crippen MR) is 393 cm³/mol. The number of aryl methyl sites for hydroxylation is 4. The first-order chi connectivity index (χ1) is 49.5. The van der Waals surface area contributed by atoms with E-state index in [1.165, 1.54) is 17.7 Å². The number of rotatable bonds is 13. The van der Waals surface area contributed by atoms with Gasteiger partial charge in [-0.05, 0) is 176 Å². The van der Waals surface area contributed by atoms with Gasteiger partial charge in [0.25, 0.3) is 5.69 Å². The molecule has 11 aromatic rings. The number of methoxy groups -OCH3 is 4. The number of carbonyl (C=O) groups excluding carboxylic acids is 1. The number of halogens is 1. The quantitative estimate of drug-likeness (QED) is 0.0310. The molecule has 16 rings (SSSR count). The average molecular weight is 1390 g/mol. The summed E-state index contributed by atoms with van der Waals surface area (Å²) in [5.74, 6) is 4.73.